The first kappa shape index (κ1) is 17.2. The number of rotatable bonds is 4. The first-order chi connectivity index (χ1) is 11.6. The molecule has 24 heavy (non-hydrogen) atoms. The zero-order valence-corrected chi connectivity index (χ0v) is 14.9. The van der Waals surface area contributed by atoms with Crippen LogP contribution in [0, 0.1) is 18.8 Å². The van der Waals surface area contributed by atoms with Gasteiger partial charge in [0.05, 0.1) is 12.2 Å². The number of carbonyl (C=O) groups is 2. The van der Waals surface area contributed by atoms with Gasteiger partial charge in [-0.1, -0.05) is 6.92 Å². The molecule has 2 heterocycles. The Morgan fingerprint density at radius 2 is 1.71 bits per heavy atom. The SMILES string of the molecule is CCC(=O)C1CCC(C(=O)N2CCC(n3cc(C)cn3)CC2)CC1. The Kier molecular flexibility index (Phi) is 5.36. The van der Waals surface area contributed by atoms with Gasteiger partial charge in [-0.15, -0.1) is 0 Å². The van der Waals surface area contributed by atoms with Crippen molar-refractivity contribution in [3.05, 3.63) is 18.0 Å². The monoisotopic (exact) mass is 331 g/mol. The molecule has 0 N–H and O–H groups in total. The second-order valence-corrected chi connectivity index (χ2v) is 7.42. The van der Waals surface area contributed by atoms with Gasteiger partial charge in [0.2, 0.25) is 5.91 Å². The fourth-order valence-electron chi connectivity index (χ4n) is 4.19. The van der Waals surface area contributed by atoms with E-state index >= 15 is 0 Å². The zero-order valence-electron chi connectivity index (χ0n) is 14.9. The Morgan fingerprint density at radius 1 is 1.08 bits per heavy atom. The van der Waals surface area contributed by atoms with E-state index in [4.69, 9.17) is 0 Å². The van der Waals surface area contributed by atoms with Crippen LogP contribution in [0.15, 0.2) is 12.4 Å². The van der Waals surface area contributed by atoms with E-state index in [0.717, 1.165) is 51.6 Å². The van der Waals surface area contributed by atoms with Crippen LogP contribution in [0.1, 0.15) is 63.5 Å². The summed E-state index contributed by atoms with van der Waals surface area (Å²) in [5, 5.41) is 4.41. The van der Waals surface area contributed by atoms with Crippen LogP contribution < -0.4 is 0 Å². The molecule has 1 aliphatic carbocycles. The van der Waals surface area contributed by atoms with Gasteiger partial charge >= 0.3 is 0 Å². The van der Waals surface area contributed by atoms with Crippen LogP contribution in [0.25, 0.3) is 0 Å². The lowest BCUT2D eigenvalue weighted by molar-refractivity contribution is -0.139. The maximum absolute atomic E-state index is 12.8. The van der Waals surface area contributed by atoms with Crippen LogP contribution in [-0.2, 0) is 9.59 Å². The quantitative estimate of drug-likeness (QED) is 0.851. The van der Waals surface area contributed by atoms with Gasteiger partial charge in [0, 0.05) is 37.5 Å². The van der Waals surface area contributed by atoms with Crippen LogP contribution in [0.4, 0.5) is 0 Å². The molecule has 1 saturated heterocycles. The van der Waals surface area contributed by atoms with Crippen molar-refractivity contribution in [3.63, 3.8) is 0 Å². The molecule has 5 heteroatoms. The molecule has 1 amide bonds. The summed E-state index contributed by atoms with van der Waals surface area (Å²) in [5.41, 5.74) is 1.19. The van der Waals surface area contributed by atoms with Crippen LogP contribution >= 0.6 is 0 Å². The number of hydrogen-bond donors (Lipinski definition) is 0. The minimum atomic E-state index is 0.134. The highest BCUT2D eigenvalue weighted by Gasteiger charge is 2.33. The van der Waals surface area contributed by atoms with E-state index in [1.54, 1.807) is 0 Å². The molecule has 5 nitrogen and oxygen atoms in total. The molecule has 2 fully saturated rings. The van der Waals surface area contributed by atoms with E-state index in [-0.39, 0.29) is 11.8 Å². The molecule has 0 unspecified atom stereocenters. The van der Waals surface area contributed by atoms with E-state index in [1.807, 2.05) is 18.0 Å². The zero-order chi connectivity index (χ0) is 17.1. The largest absolute Gasteiger partial charge is 0.342 e. The molecule has 1 saturated carbocycles. The number of carbonyl (C=O) groups excluding carboxylic acids is 2. The first-order valence-corrected chi connectivity index (χ1v) is 9.40. The molecular weight excluding hydrogens is 302 g/mol. The Bertz CT molecular complexity index is 579. The number of hydrogen-bond acceptors (Lipinski definition) is 3. The number of aromatic nitrogens is 2. The molecule has 1 aromatic rings. The van der Waals surface area contributed by atoms with Gasteiger partial charge in [-0.25, -0.2) is 0 Å². The van der Waals surface area contributed by atoms with Crippen molar-refractivity contribution < 1.29 is 9.59 Å². The third-order valence-electron chi connectivity index (χ3n) is 5.76. The van der Waals surface area contributed by atoms with Crippen LogP contribution in [-0.4, -0.2) is 39.5 Å². The first-order valence-electron chi connectivity index (χ1n) is 9.40. The summed E-state index contributed by atoms with van der Waals surface area (Å²) in [6, 6.07) is 0.417. The Balaban J connectivity index is 1.48. The van der Waals surface area contributed by atoms with Gasteiger partial charge in [-0.3, -0.25) is 14.3 Å². The van der Waals surface area contributed by atoms with Crippen molar-refractivity contribution in [2.75, 3.05) is 13.1 Å². The van der Waals surface area contributed by atoms with E-state index in [1.165, 1.54) is 5.56 Å². The van der Waals surface area contributed by atoms with E-state index < -0.39 is 0 Å². The molecule has 0 bridgehead atoms. The summed E-state index contributed by atoms with van der Waals surface area (Å²) in [5.74, 6) is 1.02. The van der Waals surface area contributed by atoms with Crippen molar-refractivity contribution in [1.82, 2.24) is 14.7 Å². The molecule has 0 atom stereocenters. The molecule has 0 aromatic carbocycles. The summed E-state index contributed by atoms with van der Waals surface area (Å²) < 4.78 is 2.05. The molecule has 0 spiro atoms. The van der Waals surface area contributed by atoms with Gasteiger partial charge in [-0.2, -0.15) is 5.10 Å². The number of nitrogens with zero attached hydrogens (tertiary/aromatic N) is 3. The lowest BCUT2D eigenvalue weighted by Gasteiger charge is -2.36. The lowest BCUT2D eigenvalue weighted by Crippen LogP contribution is -2.43. The maximum atomic E-state index is 12.8. The smallest absolute Gasteiger partial charge is 0.225 e. The summed E-state index contributed by atoms with van der Waals surface area (Å²) in [7, 11) is 0. The van der Waals surface area contributed by atoms with Crippen LogP contribution in [0.2, 0.25) is 0 Å². The standard InChI is InChI=1S/C19H29N3O2/c1-3-18(23)15-4-6-16(7-5-15)19(24)21-10-8-17(9-11-21)22-13-14(2)12-20-22/h12-13,15-17H,3-11H2,1-2H3. The highest BCUT2D eigenvalue weighted by molar-refractivity contribution is 5.82. The highest BCUT2D eigenvalue weighted by Crippen LogP contribution is 2.32. The van der Waals surface area contributed by atoms with Crippen molar-refractivity contribution in [2.45, 2.75) is 64.8 Å². The third-order valence-corrected chi connectivity index (χ3v) is 5.76. The maximum Gasteiger partial charge on any atom is 0.225 e. The van der Waals surface area contributed by atoms with E-state index in [0.29, 0.717) is 24.2 Å². The Hall–Kier alpha value is -1.65. The number of piperidine rings is 1. The second-order valence-electron chi connectivity index (χ2n) is 7.42. The van der Waals surface area contributed by atoms with E-state index in [2.05, 4.69) is 22.9 Å². The number of amides is 1. The van der Waals surface area contributed by atoms with Crippen LogP contribution in [0.3, 0.4) is 0 Å². The Morgan fingerprint density at radius 3 is 2.25 bits per heavy atom. The van der Waals surface area contributed by atoms with E-state index in [9.17, 15) is 9.59 Å². The summed E-state index contributed by atoms with van der Waals surface area (Å²) in [6.45, 7) is 5.65. The summed E-state index contributed by atoms with van der Waals surface area (Å²) >= 11 is 0. The molecule has 1 aliphatic heterocycles. The molecular formula is C19H29N3O2. The number of ketones is 1. The third kappa shape index (κ3) is 3.70. The average Bonchev–Trinajstić information content (AvgIpc) is 3.07. The minimum absolute atomic E-state index is 0.134. The molecule has 132 valence electrons. The predicted molar refractivity (Wildman–Crippen MR) is 92.6 cm³/mol. The second kappa shape index (κ2) is 7.49. The Labute approximate surface area is 144 Å². The number of likely N-dealkylation sites (tertiary alicyclic amines) is 1. The van der Waals surface area contributed by atoms with Gasteiger partial charge in [0.15, 0.2) is 0 Å². The topological polar surface area (TPSA) is 55.2 Å². The summed E-state index contributed by atoms with van der Waals surface area (Å²) in [4.78, 5) is 26.6. The minimum Gasteiger partial charge on any atom is -0.342 e. The van der Waals surface area contributed by atoms with Crippen LogP contribution in [0.5, 0.6) is 0 Å². The normalized spacial score (nSPS) is 25.7. The van der Waals surface area contributed by atoms with Gasteiger partial charge in [0.25, 0.3) is 0 Å². The van der Waals surface area contributed by atoms with Crippen molar-refractivity contribution in [3.8, 4) is 0 Å². The van der Waals surface area contributed by atoms with Gasteiger partial charge in [-0.05, 0) is 51.0 Å². The number of Topliss-reactive ketones (excluding diaryl/α,β-unsaturated/α-hetero) is 1. The number of aryl methyl sites for hydroxylation is 1. The fraction of sp³-hybridized carbons (Fsp3) is 0.737. The lowest BCUT2D eigenvalue weighted by atomic mass is 9.79. The average molecular weight is 331 g/mol. The van der Waals surface area contributed by atoms with Crippen molar-refractivity contribution in [2.24, 2.45) is 11.8 Å². The van der Waals surface area contributed by atoms with Gasteiger partial charge in [0.1, 0.15) is 5.78 Å². The van der Waals surface area contributed by atoms with Gasteiger partial charge < -0.3 is 4.90 Å². The van der Waals surface area contributed by atoms with Crippen molar-refractivity contribution in [1.29, 1.82) is 0 Å². The molecule has 2 aliphatic rings. The molecule has 0 radical (unpaired) electrons. The highest BCUT2D eigenvalue weighted by atomic mass is 16.2. The fourth-order valence-corrected chi connectivity index (χ4v) is 4.19. The molecule has 3 rings (SSSR count). The summed E-state index contributed by atoms with van der Waals surface area (Å²) in [6.07, 6.45) is 10.1. The van der Waals surface area contributed by atoms with Crippen molar-refractivity contribution >= 4 is 11.7 Å². The predicted octanol–water partition coefficient (Wildman–Crippen LogP) is 3.14. The molecule has 1 aromatic heterocycles.